The van der Waals surface area contributed by atoms with Crippen LogP contribution in [0.2, 0.25) is 5.02 Å². The minimum absolute atomic E-state index is 0.585. The highest BCUT2D eigenvalue weighted by atomic mass is 35.5. The molecule has 3 heteroatoms. The van der Waals surface area contributed by atoms with Crippen molar-refractivity contribution >= 4 is 28.7 Å². The van der Waals surface area contributed by atoms with Crippen LogP contribution in [0.5, 0.6) is 0 Å². The van der Waals surface area contributed by atoms with Crippen LogP contribution in [0.3, 0.4) is 0 Å². The molecule has 0 atom stereocenters. The fourth-order valence-electron chi connectivity index (χ4n) is 1.79. The van der Waals surface area contributed by atoms with E-state index in [0.717, 1.165) is 11.4 Å². The highest BCUT2D eigenvalue weighted by Crippen LogP contribution is 2.33. The van der Waals surface area contributed by atoms with E-state index < -0.39 is 0 Å². The zero-order chi connectivity index (χ0) is 12.4. The molecule has 2 aromatic carbocycles. The minimum Gasteiger partial charge on any atom is -0.396 e. The predicted molar refractivity (Wildman–Crippen MR) is 75.1 cm³/mol. The van der Waals surface area contributed by atoms with Gasteiger partial charge in [-0.05, 0) is 36.8 Å². The summed E-state index contributed by atoms with van der Waals surface area (Å²) >= 11 is 6.02. The van der Waals surface area contributed by atoms with Gasteiger partial charge in [0, 0.05) is 12.7 Å². The summed E-state index contributed by atoms with van der Waals surface area (Å²) in [5, 5.41) is 0.585. The van der Waals surface area contributed by atoms with Gasteiger partial charge in [-0.15, -0.1) is 0 Å². The number of nitrogens with zero attached hydrogens (tertiary/aromatic N) is 1. The summed E-state index contributed by atoms with van der Waals surface area (Å²) in [6, 6.07) is 13.9. The number of para-hydroxylation sites is 1. The first-order chi connectivity index (χ1) is 8.09. The molecule has 0 unspecified atom stereocenters. The van der Waals surface area contributed by atoms with E-state index in [1.54, 1.807) is 6.07 Å². The first-order valence-corrected chi connectivity index (χ1v) is 5.82. The van der Waals surface area contributed by atoms with Crippen molar-refractivity contribution in [2.45, 2.75) is 6.92 Å². The molecule has 2 nitrogen and oxygen atoms in total. The van der Waals surface area contributed by atoms with E-state index in [9.17, 15) is 0 Å². The molecule has 0 aliphatic rings. The van der Waals surface area contributed by atoms with Crippen LogP contribution in [0.1, 0.15) is 5.56 Å². The third kappa shape index (κ3) is 2.37. The Kier molecular flexibility index (Phi) is 3.25. The maximum atomic E-state index is 6.02. The van der Waals surface area contributed by atoms with Crippen molar-refractivity contribution in [2.75, 3.05) is 17.7 Å². The SMILES string of the molecule is Cc1cccc(N(C)c2cccc(Cl)c2N)c1. The molecule has 0 saturated carbocycles. The van der Waals surface area contributed by atoms with E-state index in [0.29, 0.717) is 10.7 Å². The lowest BCUT2D eigenvalue weighted by atomic mass is 10.2. The normalized spacial score (nSPS) is 10.3. The molecule has 0 fully saturated rings. The van der Waals surface area contributed by atoms with Gasteiger partial charge in [0.1, 0.15) is 0 Å². The molecule has 17 heavy (non-hydrogen) atoms. The van der Waals surface area contributed by atoms with Crippen molar-refractivity contribution in [1.82, 2.24) is 0 Å². The fourth-order valence-corrected chi connectivity index (χ4v) is 1.96. The molecule has 0 radical (unpaired) electrons. The van der Waals surface area contributed by atoms with Crippen molar-refractivity contribution in [2.24, 2.45) is 0 Å². The molecule has 0 aromatic heterocycles. The Morgan fingerprint density at radius 2 is 1.82 bits per heavy atom. The molecule has 2 aromatic rings. The third-order valence-electron chi connectivity index (χ3n) is 2.78. The van der Waals surface area contributed by atoms with Crippen molar-refractivity contribution in [3.63, 3.8) is 0 Å². The van der Waals surface area contributed by atoms with E-state index in [1.165, 1.54) is 5.56 Å². The molecule has 0 amide bonds. The van der Waals surface area contributed by atoms with Crippen LogP contribution in [0, 0.1) is 6.92 Å². The number of benzene rings is 2. The van der Waals surface area contributed by atoms with E-state index in [1.807, 2.05) is 36.2 Å². The Bertz CT molecular complexity index is 537. The zero-order valence-electron chi connectivity index (χ0n) is 9.94. The summed E-state index contributed by atoms with van der Waals surface area (Å²) < 4.78 is 0. The first kappa shape index (κ1) is 11.8. The van der Waals surface area contributed by atoms with Crippen LogP contribution < -0.4 is 10.6 Å². The number of nitrogen functional groups attached to an aromatic ring is 1. The second-order valence-corrected chi connectivity index (χ2v) is 4.48. The first-order valence-electron chi connectivity index (χ1n) is 5.44. The quantitative estimate of drug-likeness (QED) is 0.812. The number of halogens is 1. The predicted octanol–water partition coefficient (Wildman–Crippen LogP) is 4.00. The Morgan fingerprint density at radius 3 is 2.53 bits per heavy atom. The summed E-state index contributed by atoms with van der Waals surface area (Å²) in [4.78, 5) is 2.04. The van der Waals surface area contributed by atoms with E-state index in [2.05, 4.69) is 19.1 Å². The van der Waals surface area contributed by atoms with Gasteiger partial charge in [0.15, 0.2) is 0 Å². The lowest BCUT2D eigenvalue weighted by Crippen LogP contribution is -2.11. The number of nitrogens with two attached hydrogens (primary N) is 1. The lowest BCUT2D eigenvalue weighted by Gasteiger charge is -2.22. The average Bonchev–Trinajstić information content (AvgIpc) is 2.32. The van der Waals surface area contributed by atoms with Crippen molar-refractivity contribution < 1.29 is 0 Å². The van der Waals surface area contributed by atoms with Crippen molar-refractivity contribution in [1.29, 1.82) is 0 Å². The van der Waals surface area contributed by atoms with E-state index >= 15 is 0 Å². The number of hydrogen-bond acceptors (Lipinski definition) is 2. The van der Waals surface area contributed by atoms with Crippen molar-refractivity contribution in [3.8, 4) is 0 Å². The molecule has 0 saturated heterocycles. The highest BCUT2D eigenvalue weighted by Gasteiger charge is 2.09. The van der Waals surface area contributed by atoms with Crippen LogP contribution in [-0.4, -0.2) is 7.05 Å². The molecule has 0 bridgehead atoms. The van der Waals surface area contributed by atoms with Crippen molar-refractivity contribution in [3.05, 3.63) is 53.1 Å². The summed E-state index contributed by atoms with van der Waals surface area (Å²) in [5.41, 5.74) is 9.83. The number of aryl methyl sites for hydroxylation is 1. The fraction of sp³-hybridized carbons (Fsp3) is 0.143. The van der Waals surface area contributed by atoms with Gasteiger partial charge in [-0.2, -0.15) is 0 Å². The summed E-state index contributed by atoms with van der Waals surface area (Å²) in [6.07, 6.45) is 0. The van der Waals surface area contributed by atoms with Crippen LogP contribution >= 0.6 is 11.6 Å². The smallest absolute Gasteiger partial charge is 0.0744 e. The molecular formula is C14H15ClN2. The number of hydrogen-bond donors (Lipinski definition) is 1. The molecule has 0 aliphatic carbocycles. The Balaban J connectivity index is 2.44. The van der Waals surface area contributed by atoms with Crippen LogP contribution in [0.4, 0.5) is 17.1 Å². The largest absolute Gasteiger partial charge is 0.396 e. The molecule has 2 rings (SSSR count). The van der Waals surface area contributed by atoms with Gasteiger partial charge < -0.3 is 10.6 Å². The maximum absolute atomic E-state index is 6.02. The Morgan fingerprint density at radius 1 is 1.12 bits per heavy atom. The standard InChI is InChI=1S/C14H15ClN2/c1-10-5-3-6-11(9-10)17(2)13-8-4-7-12(15)14(13)16/h3-9H,16H2,1-2H3. The second-order valence-electron chi connectivity index (χ2n) is 4.07. The van der Waals surface area contributed by atoms with Gasteiger partial charge in [0.2, 0.25) is 0 Å². The highest BCUT2D eigenvalue weighted by molar-refractivity contribution is 6.33. The summed E-state index contributed by atoms with van der Waals surface area (Å²) in [6.45, 7) is 2.07. The Hall–Kier alpha value is -1.67. The van der Waals surface area contributed by atoms with Gasteiger partial charge in [-0.3, -0.25) is 0 Å². The molecular weight excluding hydrogens is 232 g/mol. The number of rotatable bonds is 2. The molecule has 0 heterocycles. The van der Waals surface area contributed by atoms with Gasteiger partial charge in [-0.1, -0.05) is 29.8 Å². The molecule has 0 aliphatic heterocycles. The average molecular weight is 247 g/mol. The topological polar surface area (TPSA) is 29.3 Å². The summed E-state index contributed by atoms with van der Waals surface area (Å²) in [5.74, 6) is 0. The van der Waals surface area contributed by atoms with Crippen LogP contribution in [0.15, 0.2) is 42.5 Å². The molecule has 88 valence electrons. The van der Waals surface area contributed by atoms with Gasteiger partial charge in [-0.25, -0.2) is 0 Å². The van der Waals surface area contributed by atoms with E-state index in [-0.39, 0.29) is 0 Å². The van der Waals surface area contributed by atoms with Gasteiger partial charge >= 0.3 is 0 Å². The lowest BCUT2D eigenvalue weighted by molar-refractivity contribution is 1.20. The van der Waals surface area contributed by atoms with E-state index in [4.69, 9.17) is 17.3 Å². The monoisotopic (exact) mass is 246 g/mol. The van der Waals surface area contributed by atoms with Crippen LogP contribution in [-0.2, 0) is 0 Å². The minimum atomic E-state index is 0.585. The zero-order valence-corrected chi connectivity index (χ0v) is 10.7. The van der Waals surface area contributed by atoms with Crippen LogP contribution in [0.25, 0.3) is 0 Å². The maximum Gasteiger partial charge on any atom is 0.0744 e. The summed E-state index contributed by atoms with van der Waals surface area (Å²) in [7, 11) is 1.98. The van der Waals surface area contributed by atoms with Gasteiger partial charge in [0.05, 0.1) is 16.4 Å². The second kappa shape index (κ2) is 4.68. The third-order valence-corrected chi connectivity index (χ3v) is 3.11. The molecule has 2 N–H and O–H groups in total. The number of anilines is 3. The molecule has 0 spiro atoms. The Labute approximate surface area is 107 Å². The van der Waals surface area contributed by atoms with Gasteiger partial charge in [0.25, 0.3) is 0 Å².